The van der Waals surface area contributed by atoms with Crippen molar-refractivity contribution < 1.29 is 22.7 Å². The van der Waals surface area contributed by atoms with Crippen LogP contribution in [0.15, 0.2) is 29.3 Å². The lowest BCUT2D eigenvalue weighted by molar-refractivity contribution is -0.121. The molecule has 9 nitrogen and oxygen atoms in total. The van der Waals surface area contributed by atoms with Crippen LogP contribution in [0.5, 0.6) is 11.5 Å². The Morgan fingerprint density at radius 1 is 1.28 bits per heavy atom. The lowest BCUT2D eigenvalue weighted by atomic mass is 10.2. The van der Waals surface area contributed by atoms with Crippen LogP contribution in [0.1, 0.15) is 19.8 Å². The van der Waals surface area contributed by atoms with Crippen LogP contribution in [0.25, 0.3) is 0 Å². The predicted molar refractivity (Wildman–Crippen MR) is 112 cm³/mol. The van der Waals surface area contributed by atoms with Gasteiger partial charge in [0, 0.05) is 26.1 Å². The molecule has 0 radical (unpaired) electrons. The summed E-state index contributed by atoms with van der Waals surface area (Å²) >= 11 is 0. The zero-order valence-electron chi connectivity index (χ0n) is 17.1. The number of nitrogens with one attached hydrogen (secondary N) is 3. The minimum absolute atomic E-state index is 0.0273. The Morgan fingerprint density at radius 2 is 2.00 bits per heavy atom. The van der Waals surface area contributed by atoms with Crippen molar-refractivity contribution in [2.75, 3.05) is 38.8 Å². The Hall–Kier alpha value is -2.49. The van der Waals surface area contributed by atoms with Crippen molar-refractivity contribution in [1.29, 1.82) is 0 Å². The molecule has 162 valence electrons. The van der Waals surface area contributed by atoms with Crippen molar-refractivity contribution >= 4 is 21.7 Å². The van der Waals surface area contributed by atoms with Crippen LogP contribution in [0.3, 0.4) is 0 Å². The van der Waals surface area contributed by atoms with Crippen molar-refractivity contribution in [1.82, 2.24) is 16.0 Å². The number of rotatable bonds is 9. The number of methoxy groups -OCH3 is 1. The van der Waals surface area contributed by atoms with E-state index in [2.05, 4.69) is 20.9 Å². The summed E-state index contributed by atoms with van der Waals surface area (Å²) in [6.45, 7) is 2.81. The summed E-state index contributed by atoms with van der Waals surface area (Å²) in [5, 5.41) is 8.97. The smallest absolute Gasteiger partial charge is 0.222 e. The molecule has 0 aliphatic carbocycles. The molecule has 0 aromatic heterocycles. The second kappa shape index (κ2) is 10.9. The molecule has 1 heterocycles. The molecule has 0 bridgehead atoms. The number of carbonyl (C=O) groups excluding carboxylic acids is 1. The number of carbonyl (C=O) groups is 1. The van der Waals surface area contributed by atoms with Gasteiger partial charge in [-0.05, 0) is 25.5 Å². The second-order valence-corrected chi connectivity index (χ2v) is 9.11. The first kappa shape index (κ1) is 22.8. The Bertz CT molecular complexity index is 813. The van der Waals surface area contributed by atoms with Gasteiger partial charge in [-0.15, -0.1) is 0 Å². The van der Waals surface area contributed by atoms with Gasteiger partial charge in [0.05, 0.1) is 25.2 Å². The molecule has 1 aliphatic rings. The Kier molecular flexibility index (Phi) is 8.56. The number of benzene rings is 1. The largest absolute Gasteiger partial charge is 0.493 e. The molecule has 1 aromatic carbocycles. The highest BCUT2D eigenvalue weighted by Crippen LogP contribution is 2.26. The van der Waals surface area contributed by atoms with Gasteiger partial charge in [-0.2, -0.15) is 0 Å². The maximum atomic E-state index is 12.0. The topological polar surface area (TPSA) is 118 Å². The third-order valence-corrected chi connectivity index (χ3v) is 6.19. The quantitative estimate of drug-likeness (QED) is 0.384. The van der Waals surface area contributed by atoms with Crippen LogP contribution in [-0.4, -0.2) is 71.2 Å². The van der Waals surface area contributed by atoms with E-state index in [1.807, 2.05) is 31.2 Å². The first-order chi connectivity index (χ1) is 13.8. The number of hydrogen-bond acceptors (Lipinski definition) is 6. The molecule has 2 atom stereocenters. The number of hydrogen-bond donors (Lipinski definition) is 3. The van der Waals surface area contributed by atoms with Crippen LogP contribution in [0.4, 0.5) is 0 Å². The summed E-state index contributed by atoms with van der Waals surface area (Å²) in [6, 6.07) is 7.16. The summed E-state index contributed by atoms with van der Waals surface area (Å²) < 4.78 is 34.0. The molecular formula is C19H30N4O5S. The monoisotopic (exact) mass is 426 g/mol. The van der Waals surface area contributed by atoms with Crippen molar-refractivity contribution in [2.24, 2.45) is 4.99 Å². The van der Waals surface area contributed by atoms with E-state index in [1.165, 1.54) is 0 Å². The fraction of sp³-hybridized carbons (Fsp3) is 0.579. The van der Waals surface area contributed by atoms with Crippen LogP contribution in [0.2, 0.25) is 0 Å². The fourth-order valence-corrected chi connectivity index (χ4v) is 4.61. The van der Waals surface area contributed by atoms with E-state index < -0.39 is 9.84 Å². The normalized spacial score (nSPS) is 19.3. The van der Waals surface area contributed by atoms with Crippen molar-refractivity contribution in [3.8, 4) is 11.5 Å². The zero-order chi connectivity index (χ0) is 21.3. The molecule has 0 saturated carbocycles. The summed E-state index contributed by atoms with van der Waals surface area (Å²) in [7, 11) is 0.238. The molecule has 1 aromatic rings. The van der Waals surface area contributed by atoms with Crippen LogP contribution in [-0.2, 0) is 14.6 Å². The lowest BCUT2D eigenvalue weighted by Crippen LogP contribution is -2.43. The number of nitrogens with zero attached hydrogens (tertiary/aromatic N) is 1. The van der Waals surface area contributed by atoms with Gasteiger partial charge in [-0.3, -0.25) is 9.79 Å². The second-order valence-electron chi connectivity index (χ2n) is 6.88. The molecule has 1 amide bonds. The number of para-hydroxylation sites is 2. The van der Waals surface area contributed by atoms with Crippen LogP contribution < -0.4 is 25.4 Å². The SMILES string of the molecule is CN=C(NCCC(=O)NC1CCS(=O)(=O)C1)NCC(C)Oc1ccccc1OC. The molecule has 1 aliphatic heterocycles. The van der Waals surface area contributed by atoms with E-state index in [-0.39, 0.29) is 36.0 Å². The molecule has 3 N–H and O–H groups in total. The van der Waals surface area contributed by atoms with Crippen molar-refractivity contribution in [3.63, 3.8) is 0 Å². The number of ether oxygens (including phenoxy) is 2. The maximum absolute atomic E-state index is 12.0. The molecule has 10 heteroatoms. The Balaban J connectivity index is 1.67. The molecule has 1 saturated heterocycles. The zero-order valence-corrected chi connectivity index (χ0v) is 17.9. The molecule has 2 rings (SSSR count). The average Bonchev–Trinajstić information content (AvgIpc) is 3.03. The third-order valence-electron chi connectivity index (χ3n) is 4.42. The minimum atomic E-state index is -3.00. The van der Waals surface area contributed by atoms with Crippen LogP contribution >= 0.6 is 0 Å². The van der Waals surface area contributed by atoms with Crippen molar-refractivity contribution in [3.05, 3.63) is 24.3 Å². The van der Waals surface area contributed by atoms with E-state index in [4.69, 9.17) is 9.47 Å². The van der Waals surface area contributed by atoms with Gasteiger partial charge in [-0.1, -0.05) is 12.1 Å². The first-order valence-electron chi connectivity index (χ1n) is 9.57. The van der Waals surface area contributed by atoms with E-state index in [0.717, 1.165) is 0 Å². The molecule has 1 fully saturated rings. The molecule has 2 unspecified atom stereocenters. The van der Waals surface area contributed by atoms with E-state index in [1.54, 1.807) is 14.2 Å². The third kappa shape index (κ3) is 7.80. The highest BCUT2D eigenvalue weighted by molar-refractivity contribution is 7.91. The number of sulfone groups is 1. The summed E-state index contributed by atoms with van der Waals surface area (Å²) in [6.07, 6.45) is 0.566. The molecular weight excluding hydrogens is 396 g/mol. The Morgan fingerprint density at radius 3 is 2.62 bits per heavy atom. The van der Waals surface area contributed by atoms with Gasteiger partial charge >= 0.3 is 0 Å². The maximum Gasteiger partial charge on any atom is 0.222 e. The van der Waals surface area contributed by atoms with Gasteiger partial charge in [0.25, 0.3) is 0 Å². The fourth-order valence-electron chi connectivity index (χ4n) is 2.94. The Labute approximate surface area is 172 Å². The number of amides is 1. The highest BCUT2D eigenvalue weighted by atomic mass is 32.2. The van der Waals surface area contributed by atoms with Gasteiger partial charge in [0.15, 0.2) is 27.3 Å². The van der Waals surface area contributed by atoms with Gasteiger partial charge in [0.1, 0.15) is 6.10 Å². The number of aliphatic imine (C=N–C) groups is 1. The van der Waals surface area contributed by atoms with E-state index in [9.17, 15) is 13.2 Å². The minimum Gasteiger partial charge on any atom is -0.493 e. The predicted octanol–water partition coefficient (Wildman–Crippen LogP) is 0.321. The summed E-state index contributed by atoms with van der Waals surface area (Å²) in [5.41, 5.74) is 0. The van der Waals surface area contributed by atoms with E-state index in [0.29, 0.717) is 37.0 Å². The standard InChI is InChI=1S/C19H30N4O5S/c1-14(28-17-7-5-4-6-16(17)27-3)12-22-19(20-2)21-10-8-18(24)23-15-9-11-29(25,26)13-15/h4-7,14-15H,8-13H2,1-3H3,(H,23,24)(H2,20,21,22). The lowest BCUT2D eigenvalue weighted by Gasteiger charge is -2.19. The summed E-state index contributed by atoms with van der Waals surface area (Å²) in [5.74, 6) is 1.88. The molecule has 29 heavy (non-hydrogen) atoms. The van der Waals surface area contributed by atoms with Gasteiger partial charge in [0.2, 0.25) is 5.91 Å². The average molecular weight is 427 g/mol. The van der Waals surface area contributed by atoms with Crippen LogP contribution in [0, 0.1) is 0 Å². The highest BCUT2D eigenvalue weighted by Gasteiger charge is 2.28. The number of guanidine groups is 1. The van der Waals surface area contributed by atoms with Gasteiger partial charge in [-0.25, -0.2) is 8.42 Å². The van der Waals surface area contributed by atoms with Gasteiger partial charge < -0.3 is 25.4 Å². The summed E-state index contributed by atoms with van der Waals surface area (Å²) in [4.78, 5) is 16.1. The first-order valence-corrected chi connectivity index (χ1v) is 11.4. The van der Waals surface area contributed by atoms with E-state index >= 15 is 0 Å². The molecule has 0 spiro atoms. The van der Waals surface area contributed by atoms with Crippen molar-refractivity contribution in [2.45, 2.75) is 31.9 Å².